The van der Waals surface area contributed by atoms with Crippen LogP contribution in [0.3, 0.4) is 0 Å². The van der Waals surface area contributed by atoms with Gasteiger partial charge in [0.2, 0.25) is 5.75 Å². The molecule has 0 aromatic heterocycles. The average molecular weight is 525 g/mol. The van der Waals surface area contributed by atoms with E-state index in [1.54, 1.807) is 31.2 Å². The van der Waals surface area contributed by atoms with E-state index in [0.717, 1.165) is 26.3 Å². The first kappa shape index (κ1) is 27.9. The number of para-hydroxylation sites is 1. The van der Waals surface area contributed by atoms with E-state index in [9.17, 15) is 10.2 Å². The smallest absolute Gasteiger partial charge is 0.254 e. The van der Waals surface area contributed by atoms with Gasteiger partial charge < -0.3 is 40.3 Å². The molecule has 2 aromatic rings. The number of carbonyl (C=O) groups excluding carboxylic acids is 1. The maximum atomic E-state index is 13.3. The number of anilines is 1. The highest BCUT2D eigenvalue weighted by Gasteiger charge is 2.35. The molecule has 0 aliphatic carbocycles. The summed E-state index contributed by atoms with van der Waals surface area (Å²) in [5.74, 6) is 2.35. The number of hydrogen-bond donors (Lipinski definition) is 3. The number of rotatable bonds is 6. The summed E-state index contributed by atoms with van der Waals surface area (Å²) < 4.78 is 21.4. The first-order chi connectivity index (χ1) is 17.9. The lowest BCUT2D eigenvalue weighted by atomic mass is 9.81. The van der Waals surface area contributed by atoms with Crippen molar-refractivity contribution in [1.29, 1.82) is 0 Å². The van der Waals surface area contributed by atoms with Crippen LogP contribution < -0.4 is 30.2 Å². The van der Waals surface area contributed by atoms with E-state index < -0.39 is 5.92 Å². The molecule has 0 radical (unpaired) electrons. The number of thiocarbonyl (C=S) groups is 1. The second kappa shape index (κ2) is 13.6. The third kappa shape index (κ3) is 6.75. The van der Waals surface area contributed by atoms with Crippen LogP contribution in [0.2, 0.25) is 0 Å². The topological polar surface area (TPSA) is 117 Å². The first-order valence-electron chi connectivity index (χ1n) is 11.8. The van der Waals surface area contributed by atoms with E-state index in [-0.39, 0.29) is 16.5 Å². The predicted molar refractivity (Wildman–Crippen MR) is 147 cm³/mol. The van der Waals surface area contributed by atoms with E-state index in [0.29, 0.717) is 39.8 Å². The molecule has 2 aliphatic heterocycles. The molecule has 2 aromatic carbocycles. The van der Waals surface area contributed by atoms with E-state index in [2.05, 4.69) is 21.8 Å². The third-order valence-corrected chi connectivity index (χ3v) is 6.20. The molecule has 1 saturated heterocycles. The maximum Gasteiger partial charge on any atom is 0.254 e. The molecule has 1 atom stereocenters. The standard InChI is InChI=1S/C23H22N3O4S.C4H9NO/c1-13-19(22(27)26-15-8-6-5-7-9-15)20(16(12-24)23(31)25-13)14-10-17(28-2)21(30-4)18(11-14)29-3;1-3-6-4-2-5-1/h5-11,20H,1-4H3,(H,25,31)(H,26,27);5H,1-4H2/q-1;/p+1. The maximum absolute atomic E-state index is 13.3. The highest BCUT2D eigenvalue weighted by molar-refractivity contribution is 7.80. The second-order valence-corrected chi connectivity index (χ2v) is 8.62. The van der Waals surface area contributed by atoms with E-state index in [1.807, 2.05) is 18.2 Å². The Kier molecular flexibility index (Phi) is 10.2. The fraction of sp³-hybridized carbons (Fsp3) is 0.333. The molecule has 2 heterocycles. The van der Waals surface area contributed by atoms with Crippen molar-refractivity contribution in [1.82, 2.24) is 5.32 Å². The van der Waals surface area contributed by atoms with Crippen molar-refractivity contribution in [3.8, 4) is 17.2 Å². The first-order valence-corrected chi connectivity index (χ1v) is 12.2. The fourth-order valence-electron chi connectivity index (χ4n) is 4.11. The molecule has 0 bridgehead atoms. The van der Waals surface area contributed by atoms with Gasteiger partial charge in [-0.15, -0.1) is 0 Å². The predicted octanol–water partition coefficient (Wildman–Crippen LogP) is 2.38. The van der Waals surface area contributed by atoms with Crippen LogP contribution in [0.5, 0.6) is 17.2 Å². The van der Waals surface area contributed by atoms with Crippen LogP contribution in [0, 0.1) is 0 Å². The number of carbonyl (C=O) groups is 1. The van der Waals surface area contributed by atoms with Crippen LogP contribution in [0.1, 0.15) is 18.4 Å². The summed E-state index contributed by atoms with van der Waals surface area (Å²) in [7, 11) is 4.52. The molecular formula is C27H32N4O5S. The zero-order valence-electron chi connectivity index (χ0n) is 21.4. The minimum atomic E-state index is -0.712. The molecule has 37 heavy (non-hydrogen) atoms. The average Bonchev–Trinajstić information content (AvgIpc) is 2.93. The normalized spacial score (nSPS) is 17.0. The highest BCUT2D eigenvalue weighted by atomic mass is 32.1. The fourth-order valence-corrected chi connectivity index (χ4v) is 4.43. The molecule has 196 valence electrons. The minimum absolute atomic E-state index is 0.257. The van der Waals surface area contributed by atoms with E-state index in [1.165, 1.54) is 21.3 Å². The van der Waals surface area contributed by atoms with Gasteiger partial charge in [0, 0.05) is 28.4 Å². The largest absolute Gasteiger partial charge is 0.763 e. The molecule has 0 saturated carbocycles. The molecule has 4 rings (SSSR count). The van der Waals surface area contributed by atoms with Crippen LogP contribution in [0.4, 0.5) is 5.69 Å². The Bertz CT molecular complexity index is 1170. The number of ether oxygens (including phenoxy) is 4. The summed E-state index contributed by atoms with van der Waals surface area (Å²) in [5, 5.41) is 18.0. The van der Waals surface area contributed by atoms with Crippen molar-refractivity contribution >= 4 is 34.7 Å². The molecule has 1 amide bonds. The van der Waals surface area contributed by atoms with Crippen LogP contribution in [0.15, 0.2) is 59.3 Å². The van der Waals surface area contributed by atoms with Crippen molar-refractivity contribution in [2.24, 2.45) is 0 Å². The molecular weight excluding hydrogens is 492 g/mol. The summed E-state index contributed by atoms with van der Waals surface area (Å²) in [6, 6.07) is 12.5. The van der Waals surface area contributed by atoms with Gasteiger partial charge >= 0.3 is 0 Å². The van der Waals surface area contributed by atoms with Crippen molar-refractivity contribution in [3.63, 3.8) is 0 Å². The Labute approximate surface area is 222 Å². The van der Waals surface area contributed by atoms with Crippen molar-refractivity contribution in [2.75, 3.05) is 52.9 Å². The quantitative estimate of drug-likeness (QED) is 0.302. The Hall–Kier alpha value is -3.69. The lowest BCUT2D eigenvalue weighted by Crippen LogP contribution is -2.87. The molecule has 1 fully saturated rings. The molecule has 4 N–H and O–H groups in total. The lowest BCUT2D eigenvalue weighted by molar-refractivity contribution is -0.670. The SMILES string of the molecule is C1COCC[NH2+]1.COc1cc(C2C(=C=[N-])C(=S)NC(C)=C2C(=O)Nc2ccccc2)cc(OC)c1OC. The number of hydrogen-bond acceptors (Lipinski definition) is 6. The van der Waals surface area contributed by atoms with Gasteiger partial charge in [0.05, 0.1) is 47.6 Å². The number of amides is 1. The second-order valence-electron chi connectivity index (χ2n) is 8.21. The number of nitrogens with zero attached hydrogens (tertiary/aromatic N) is 1. The summed E-state index contributed by atoms with van der Waals surface area (Å²) in [6.45, 7) is 5.95. The molecule has 10 heteroatoms. The molecule has 2 aliphatic rings. The summed E-state index contributed by atoms with van der Waals surface area (Å²) in [5.41, 5.74) is 2.46. The number of nitrogens with two attached hydrogens (primary N) is 1. The Morgan fingerprint density at radius 3 is 2.19 bits per heavy atom. The summed E-state index contributed by atoms with van der Waals surface area (Å²) in [6.07, 6.45) is 0. The zero-order chi connectivity index (χ0) is 26.8. The van der Waals surface area contributed by atoms with Crippen LogP contribution in [-0.4, -0.2) is 64.4 Å². The zero-order valence-corrected chi connectivity index (χ0v) is 22.2. The number of benzene rings is 2. The third-order valence-electron chi connectivity index (χ3n) is 5.88. The molecule has 9 nitrogen and oxygen atoms in total. The van der Waals surface area contributed by atoms with Crippen molar-refractivity contribution in [3.05, 3.63) is 70.3 Å². The van der Waals surface area contributed by atoms with Gasteiger partial charge in [0.1, 0.15) is 4.99 Å². The monoisotopic (exact) mass is 524 g/mol. The molecule has 1 unspecified atom stereocenters. The van der Waals surface area contributed by atoms with Gasteiger partial charge in [-0.3, -0.25) is 10.7 Å². The number of quaternary nitrogens is 1. The summed E-state index contributed by atoms with van der Waals surface area (Å²) in [4.78, 5) is 13.6. The van der Waals surface area contributed by atoms with E-state index >= 15 is 0 Å². The van der Waals surface area contributed by atoms with Gasteiger partial charge in [-0.2, -0.15) is 0 Å². The lowest BCUT2D eigenvalue weighted by Gasteiger charge is -2.31. The number of morpholine rings is 1. The van der Waals surface area contributed by atoms with Crippen LogP contribution >= 0.6 is 12.2 Å². The number of allylic oxidation sites excluding steroid dienone is 1. The Morgan fingerprint density at radius 2 is 1.73 bits per heavy atom. The van der Waals surface area contributed by atoms with E-state index in [4.69, 9.17) is 31.2 Å². The van der Waals surface area contributed by atoms with Gasteiger partial charge in [0.15, 0.2) is 11.5 Å². The minimum Gasteiger partial charge on any atom is -0.763 e. The van der Waals surface area contributed by atoms with Gasteiger partial charge in [-0.1, -0.05) is 30.4 Å². The van der Waals surface area contributed by atoms with Gasteiger partial charge in [-0.05, 0) is 36.8 Å². The van der Waals surface area contributed by atoms with Gasteiger partial charge in [0.25, 0.3) is 5.91 Å². The van der Waals surface area contributed by atoms with Gasteiger partial charge in [-0.25, -0.2) is 0 Å². The number of methoxy groups -OCH3 is 3. The van der Waals surface area contributed by atoms with Crippen LogP contribution in [0.25, 0.3) is 5.41 Å². The van der Waals surface area contributed by atoms with Crippen LogP contribution in [-0.2, 0) is 9.53 Å². The highest BCUT2D eigenvalue weighted by Crippen LogP contribution is 2.44. The number of nitrogens with one attached hydrogen (secondary N) is 2. The summed E-state index contributed by atoms with van der Waals surface area (Å²) >= 11 is 5.40. The Balaban J connectivity index is 0.000000555. The van der Waals surface area contributed by atoms with Crippen molar-refractivity contribution in [2.45, 2.75) is 12.8 Å². The Morgan fingerprint density at radius 1 is 1.11 bits per heavy atom. The molecule has 0 spiro atoms. The van der Waals surface area contributed by atoms with Crippen molar-refractivity contribution < 1.29 is 29.1 Å².